The second kappa shape index (κ2) is 8.40. The molecule has 3 aromatic carbocycles. The number of carbonyl (C=O) groups excluding carboxylic acids is 1. The Balaban J connectivity index is 1.61. The molecule has 0 aliphatic carbocycles. The lowest BCUT2D eigenvalue weighted by Crippen LogP contribution is -2.38. The molecule has 0 spiro atoms. The first kappa shape index (κ1) is 19.7. The predicted octanol–water partition coefficient (Wildman–Crippen LogP) is 6.13. The number of benzene rings is 3. The molecule has 1 aliphatic heterocycles. The molecule has 0 aromatic heterocycles. The summed E-state index contributed by atoms with van der Waals surface area (Å²) in [5.41, 5.74) is 3.19. The Morgan fingerprint density at radius 3 is 1.79 bits per heavy atom. The van der Waals surface area contributed by atoms with Crippen molar-refractivity contribution in [3.05, 3.63) is 107 Å². The third kappa shape index (κ3) is 4.21. The van der Waals surface area contributed by atoms with Gasteiger partial charge < -0.3 is 9.64 Å². The molecule has 3 nitrogen and oxygen atoms in total. The number of nitrogens with zero attached hydrogens (tertiary/aromatic N) is 1. The van der Waals surface area contributed by atoms with Crippen LogP contribution in [0.1, 0.15) is 48.7 Å². The third-order valence-electron chi connectivity index (χ3n) is 5.59. The number of epoxide rings is 1. The van der Waals surface area contributed by atoms with Gasteiger partial charge in [-0.3, -0.25) is 4.79 Å². The summed E-state index contributed by atoms with van der Waals surface area (Å²) in [6, 6.07) is 27.6. The SMILES string of the molecule is C[C@@H](c1ccccc1)N(C(=O)[C@@H]1O[C@H]1c1ccc(Cl)cc1)[C@@H](C)c1ccccc1. The summed E-state index contributed by atoms with van der Waals surface area (Å²) in [5, 5.41) is 0.675. The molecule has 29 heavy (non-hydrogen) atoms. The summed E-state index contributed by atoms with van der Waals surface area (Å²) < 4.78 is 5.82. The van der Waals surface area contributed by atoms with Crippen LogP contribution >= 0.6 is 11.6 Å². The maximum absolute atomic E-state index is 13.6. The predicted molar refractivity (Wildman–Crippen MR) is 116 cm³/mol. The van der Waals surface area contributed by atoms with E-state index in [9.17, 15) is 4.79 Å². The van der Waals surface area contributed by atoms with Crippen LogP contribution in [0, 0.1) is 0 Å². The topological polar surface area (TPSA) is 32.8 Å². The minimum atomic E-state index is -0.464. The highest BCUT2D eigenvalue weighted by molar-refractivity contribution is 6.30. The van der Waals surface area contributed by atoms with Gasteiger partial charge in [0.2, 0.25) is 0 Å². The Morgan fingerprint density at radius 2 is 1.31 bits per heavy atom. The van der Waals surface area contributed by atoms with E-state index in [0.29, 0.717) is 5.02 Å². The zero-order valence-corrected chi connectivity index (χ0v) is 17.3. The minimum Gasteiger partial charge on any atom is -0.354 e. The minimum absolute atomic E-state index is 0.0117. The van der Waals surface area contributed by atoms with Crippen molar-refractivity contribution < 1.29 is 9.53 Å². The van der Waals surface area contributed by atoms with E-state index in [1.54, 1.807) is 0 Å². The average Bonchev–Trinajstić information content (AvgIpc) is 3.56. The van der Waals surface area contributed by atoms with Crippen molar-refractivity contribution in [3.63, 3.8) is 0 Å². The van der Waals surface area contributed by atoms with Crippen LogP contribution in [0.3, 0.4) is 0 Å². The van der Waals surface area contributed by atoms with Gasteiger partial charge in [-0.15, -0.1) is 0 Å². The number of halogens is 1. The summed E-state index contributed by atoms with van der Waals surface area (Å²) in [4.78, 5) is 15.5. The van der Waals surface area contributed by atoms with Crippen LogP contribution < -0.4 is 0 Å². The van der Waals surface area contributed by atoms with Gasteiger partial charge >= 0.3 is 0 Å². The molecule has 0 N–H and O–H groups in total. The van der Waals surface area contributed by atoms with E-state index in [4.69, 9.17) is 16.3 Å². The van der Waals surface area contributed by atoms with Crippen LogP contribution in [0.2, 0.25) is 5.02 Å². The lowest BCUT2D eigenvalue weighted by atomic mass is 9.99. The summed E-state index contributed by atoms with van der Waals surface area (Å²) >= 11 is 5.99. The Labute approximate surface area is 176 Å². The molecule has 1 amide bonds. The van der Waals surface area contributed by atoms with Gasteiger partial charge in [-0.2, -0.15) is 0 Å². The standard InChI is InChI=1S/C25H24ClNO2/c1-17(19-9-5-3-6-10-19)27(18(2)20-11-7-4-8-12-20)25(28)24-23(29-24)21-13-15-22(26)16-14-21/h3-18,23-24H,1-2H3/t17-,18-,23-,24+/m0/s1. The van der Waals surface area contributed by atoms with E-state index in [1.807, 2.05) is 65.6 Å². The van der Waals surface area contributed by atoms with E-state index in [-0.39, 0.29) is 24.1 Å². The molecule has 1 fully saturated rings. The Hall–Kier alpha value is -2.62. The van der Waals surface area contributed by atoms with Crippen LogP contribution in [-0.2, 0) is 9.53 Å². The Bertz CT molecular complexity index is 914. The molecule has 1 aliphatic rings. The highest BCUT2D eigenvalue weighted by Gasteiger charge is 2.49. The van der Waals surface area contributed by atoms with Crippen molar-refractivity contribution in [2.45, 2.75) is 38.1 Å². The van der Waals surface area contributed by atoms with Crippen molar-refractivity contribution in [1.29, 1.82) is 0 Å². The maximum atomic E-state index is 13.6. The zero-order valence-electron chi connectivity index (χ0n) is 16.5. The largest absolute Gasteiger partial charge is 0.354 e. The van der Waals surface area contributed by atoms with Gasteiger partial charge in [-0.25, -0.2) is 0 Å². The molecule has 4 rings (SSSR count). The first-order valence-corrected chi connectivity index (χ1v) is 10.3. The molecule has 148 valence electrons. The van der Waals surface area contributed by atoms with Crippen LogP contribution in [-0.4, -0.2) is 16.9 Å². The van der Waals surface area contributed by atoms with Crippen LogP contribution in [0.15, 0.2) is 84.9 Å². The number of hydrogen-bond acceptors (Lipinski definition) is 2. The molecule has 4 heteroatoms. The molecular formula is C25H24ClNO2. The maximum Gasteiger partial charge on any atom is 0.255 e. The van der Waals surface area contributed by atoms with Crippen LogP contribution in [0.4, 0.5) is 0 Å². The van der Waals surface area contributed by atoms with Gasteiger partial charge in [-0.1, -0.05) is 84.4 Å². The lowest BCUT2D eigenvalue weighted by Gasteiger charge is -2.35. The number of carbonyl (C=O) groups is 1. The summed E-state index contributed by atoms with van der Waals surface area (Å²) in [6.45, 7) is 4.15. The normalized spacial score (nSPS) is 20.0. The smallest absolute Gasteiger partial charge is 0.255 e. The number of hydrogen-bond donors (Lipinski definition) is 0. The first-order valence-electron chi connectivity index (χ1n) is 9.89. The number of ether oxygens (including phenoxy) is 1. The number of amides is 1. The molecular weight excluding hydrogens is 382 g/mol. The van der Waals surface area contributed by atoms with Gasteiger partial charge in [0.15, 0.2) is 6.10 Å². The molecule has 4 atom stereocenters. The molecule has 0 bridgehead atoms. The van der Waals surface area contributed by atoms with Gasteiger partial charge in [0, 0.05) is 5.02 Å². The van der Waals surface area contributed by atoms with Crippen LogP contribution in [0.25, 0.3) is 0 Å². The molecule has 0 saturated carbocycles. The van der Waals surface area contributed by atoms with Gasteiger partial charge in [0.25, 0.3) is 5.91 Å². The summed E-state index contributed by atoms with van der Waals surface area (Å²) in [6.07, 6.45) is -0.679. The second-order valence-electron chi connectivity index (χ2n) is 7.45. The molecule has 0 unspecified atom stereocenters. The van der Waals surface area contributed by atoms with E-state index >= 15 is 0 Å². The first-order chi connectivity index (χ1) is 14.1. The molecule has 1 heterocycles. The summed E-state index contributed by atoms with van der Waals surface area (Å²) in [7, 11) is 0. The molecule has 3 aromatic rings. The quantitative estimate of drug-likeness (QED) is 0.462. The van der Waals surface area contributed by atoms with Crippen molar-refractivity contribution in [1.82, 2.24) is 4.90 Å². The van der Waals surface area contributed by atoms with E-state index < -0.39 is 6.10 Å². The molecule has 1 saturated heterocycles. The fourth-order valence-corrected chi connectivity index (χ4v) is 3.98. The van der Waals surface area contributed by atoms with E-state index in [0.717, 1.165) is 16.7 Å². The molecule has 0 radical (unpaired) electrons. The summed E-state index contributed by atoms with van der Waals surface area (Å²) in [5.74, 6) is 0.0117. The highest BCUT2D eigenvalue weighted by atomic mass is 35.5. The highest BCUT2D eigenvalue weighted by Crippen LogP contribution is 2.43. The number of rotatable bonds is 6. The van der Waals surface area contributed by atoms with Gasteiger partial charge in [0.1, 0.15) is 6.10 Å². The zero-order chi connectivity index (χ0) is 20.4. The van der Waals surface area contributed by atoms with E-state index in [1.165, 1.54) is 0 Å². The average molecular weight is 406 g/mol. The monoisotopic (exact) mass is 405 g/mol. The van der Waals surface area contributed by atoms with Crippen molar-refractivity contribution in [3.8, 4) is 0 Å². The fraction of sp³-hybridized carbons (Fsp3) is 0.240. The lowest BCUT2D eigenvalue weighted by molar-refractivity contribution is -0.137. The van der Waals surface area contributed by atoms with Crippen LogP contribution in [0.5, 0.6) is 0 Å². The van der Waals surface area contributed by atoms with Crippen molar-refractivity contribution in [2.24, 2.45) is 0 Å². The Kier molecular flexibility index (Phi) is 5.70. The van der Waals surface area contributed by atoms with Gasteiger partial charge in [0.05, 0.1) is 12.1 Å². The second-order valence-corrected chi connectivity index (χ2v) is 7.88. The van der Waals surface area contributed by atoms with Gasteiger partial charge in [-0.05, 0) is 42.7 Å². The van der Waals surface area contributed by atoms with Crippen molar-refractivity contribution in [2.75, 3.05) is 0 Å². The van der Waals surface area contributed by atoms with Crippen molar-refractivity contribution >= 4 is 17.5 Å². The van der Waals surface area contributed by atoms with E-state index in [2.05, 4.69) is 38.1 Å². The fourth-order valence-electron chi connectivity index (χ4n) is 3.85. The third-order valence-corrected chi connectivity index (χ3v) is 5.84. The Morgan fingerprint density at radius 1 is 0.828 bits per heavy atom.